The van der Waals surface area contributed by atoms with Gasteiger partial charge >= 0.3 is 29.6 Å². The second-order valence-electron chi connectivity index (χ2n) is 7.38. The molecule has 1 saturated carbocycles. The van der Waals surface area contributed by atoms with Crippen molar-refractivity contribution in [3.8, 4) is 0 Å². The molecular formula is C17H22F11I. The Balaban J connectivity index is 2.97. The van der Waals surface area contributed by atoms with E-state index >= 15 is 0 Å². The van der Waals surface area contributed by atoms with E-state index in [-0.39, 0.29) is 12.8 Å². The highest BCUT2D eigenvalue weighted by Gasteiger charge is 3.00. The fraction of sp³-hybridized carbons (Fsp3) is 1.00. The minimum Gasteiger partial charge on any atom is -0.230 e. The molecule has 0 bridgehead atoms. The normalized spacial score (nSPS) is 26.8. The second-order valence-corrected chi connectivity index (χ2v) is 9.15. The van der Waals surface area contributed by atoms with Gasteiger partial charge in [-0.1, -0.05) is 74.5 Å². The second kappa shape index (κ2) is 8.84. The number of unbranched alkanes of at least 4 members (excludes halogenated alkanes) is 6. The highest BCUT2D eigenvalue weighted by Crippen LogP contribution is 2.70. The van der Waals surface area contributed by atoms with Crippen molar-refractivity contribution in [1.29, 1.82) is 0 Å². The van der Waals surface area contributed by atoms with Crippen molar-refractivity contribution in [2.45, 2.75) is 104 Å². The minimum absolute atomic E-state index is 0.195. The van der Waals surface area contributed by atoms with E-state index in [9.17, 15) is 48.3 Å². The lowest BCUT2D eigenvalue weighted by molar-refractivity contribution is -0.485. The Bertz CT molecular complexity index is 517. The van der Waals surface area contributed by atoms with Gasteiger partial charge in [-0.2, -0.15) is 43.9 Å². The maximum Gasteiger partial charge on any atom is 0.384 e. The van der Waals surface area contributed by atoms with E-state index in [0.717, 1.165) is 25.7 Å². The summed E-state index contributed by atoms with van der Waals surface area (Å²) in [6.07, 6.45) is 2.91. The van der Waals surface area contributed by atoms with E-state index in [2.05, 4.69) is 0 Å². The van der Waals surface area contributed by atoms with Crippen LogP contribution in [-0.4, -0.2) is 39.2 Å². The summed E-state index contributed by atoms with van der Waals surface area (Å²) in [5, 5.41) is 0. The van der Waals surface area contributed by atoms with Crippen LogP contribution in [0.5, 0.6) is 0 Å². The van der Waals surface area contributed by atoms with E-state index in [1.54, 1.807) is 0 Å². The third-order valence-corrected chi connectivity index (χ3v) is 6.26. The molecule has 0 aromatic carbocycles. The molecule has 0 heterocycles. The Kier molecular flexibility index (Phi) is 8.22. The molecule has 29 heavy (non-hydrogen) atoms. The molecule has 0 aliphatic heterocycles. The Morgan fingerprint density at radius 2 is 0.897 bits per heavy atom. The van der Waals surface area contributed by atoms with Gasteiger partial charge in [0, 0.05) is 10.3 Å². The first-order valence-corrected chi connectivity index (χ1v) is 10.4. The molecule has 0 nitrogen and oxygen atoms in total. The molecule has 0 spiro atoms. The van der Waals surface area contributed by atoms with Crippen LogP contribution in [0, 0.1) is 0 Å². The van der Waals surface area contributed by atoms with Crippen molar-refractivity contribution in [2.75, 3.05) is 0 Å². The van der Waals surface area contributed by atoms with Crippen molar-refractivity contribution in [2.24, 2.45) is 0 Å². The quantitative estimate of drug-likeness (QED) is 0.109. The van der Waals surface area contributed by atoms with E-state index in [4.69, 9.17) is 0 Å². The van der Waals surface area contributed by atoms with Gasteiger partial charge in [0.1, 0.15) is 0 Å². The average molecular weight is 562 g/mol. The van der Waals surface area contributed by atoms with Crippen molar-refractivity contribution in [3.05, 3.63) is 0 Å². The van der Waals surface area contributed by atoms with Crippen LogP contribution in [0.4, 0.5) is 48.3 Å². The molecule has 12 heteroatoms. The summed E-state index contributed by atoms with van der Waals surface area (Å²) in [5.74, 6) is -34.6. The zero-order chi connectivity index (χ0) is 22.9. The first kappa shape index (κ1) is 27.0. The third-order valence-electron chi connectivity index (χ3n) is 5.20. The largest absolute Gasteiger partial charge is 0.384 e. The van der Waals surface area contributed by atoms with E-state index < -0.39 is 45.6 Å². The summed E-state index contributed by atoms with van der Waals surface area (Å²) in [4.78, 5) is 0. The van der Waals surface area contributed by atoms with Gasteiger partial charge in [-0.25, -0.2) is 4.39 Å². The summed E-state index contributed by atoms with van der Waals surface area (Å²) in [6.45, 7) is 1.99. The molecule has 0 N–H and O–H groups in total. The molecule has 0 saturated heterocycles. The highest BCUT2D eigenvalue weighted by molar-refractivity contribution is 14.1. The SMILES string of the molecule is CCCCCCCCCC(I)CC1(F)C(F)(F)C(F)(F)C(F)(F)C(F)(F)C1(F)F. The predicted molar refractivity (Wildman–Crippen MR) is 93.6 cm³/mol. The molecule has 1 aliphatic rings. The zero-order valence-corrected chi connectivity index (χ0v) is 17.6. The smallest absolute Gasteiger partial charge is 0.230 e. The van der Waals surface area contributed by atoms with Crippen molar-refractivity contribution in [3.63, 3.8) is 0 Å². The first-order valence-electron chi connectivity index (χ1n) is 9.17. The predicted octanol–water partition coefficient (Wildman–Crippen LogP) is 8.22. The van der Waals surface area contributed by atoms with Crippen LogP contribution in [0.25, 0.3) is 0 Å². The Labute approximate surface area is 175 Å². The zero-order valence-electron chi connectivity index (χ0n) is 15.5. The molecule has 0 radical (unpaired) electrons. The third kappa shape index (κ3) is 4.08. The van der Waals surface area contributed by atoms with Crippen LogP contribution in [0.2, 0.25) is 0 Å². The van der Waals surface area contributed by atoms with Crippen LogP contribution in [0.15, 0.2) is 0 Å². The van der Waals surface area contributed by atoms with Crippen molar-refractivity contribution < 1.29 is 48.3 Å². The number of alkyl halides is 12. The summed E-state index contributed by atoms with van der Waals surface area (Å²) in [5.41, 5.74) is -5.85. The van der Waals surface area contributed by atoms with Gasteiger partial charge in [-0.3, -0.25) is 0 Å². The van der Waals surface area contributed by atoms with E-state index in [1.165, 1.54) is 22.6 Å². The van der Waals surface area contributed by atoms with E-state index in [1.807, 2.05) is 6.92 Å². The number of halogens is 12. The van der Waals surface area contributed by atoms with Crippen molar-refractivity contribution >= 4 is 22.6 Å². The monoisotopic (exact) mass is 562 g/mol. The molecule has 0 aromatic rings. The Morgan fingerprint density at radius 3 is 1.31 bits per heavy atom. The number of rotatable bonds is 10. The Hall–Kier alpha value is -0.0400. The summed E-state index contributed by atoms with van der Waals surface area (Å²) >= 11 is 1.21. The van der Waals surface area contributed by atoms with Gasteiger partial charge in [0.15, 0.2) is 0 Å². The average Bonchev–Trinajstić information content (AvgIpc) is 2.59. The molecule has 1 aliphatic carbocycles. The molecule has 1 unspecified atom stereocenters. The standard InChI is InChI=1S/C17H22F11I/c1-2-3-4-5-6-7-8-9-11(29)10-12(18)13(19,20)15(23,24)17(27,28)16(25,26)14(12,21)22/h11H,2-10H2,1H3. The maximum absolute atomic E-state index is 14.6. The topological polar surface area (TPSA) is 0 Å². The molecule has 1 rings (SSSR count). The van der Waals surface area contributed by atoms with Crippen LogP contribution >= 0.6 is 22.6 Å². The van der Waals surface area contributed by atoms with Gasteiger partial charge in [0.2, 0.25) is 0 Å². The molecule has 174 valence electrons. The number of hydrogen-bond acceptors (Lipinski definition) is 0. The van der Waals surface area contributed by atoms with Crippen molar-refractivity contribution in [1.82, 2.24) is 0 Å². The van der Waals surface area contributed by atoms with Gasteiger partial charge in [-0.15, -0.1) is 0 Å². The summed E-state index contributed by atoms with van der Waals surface area (Å²) in [6, 6.07) is 0. The Morgan fingerprint density at radius 1 is 0.552 bits per heavy atom. The highest BCUT2D eigenvalue weighted by atomic mass is 127. The first-order chi connectivity index (χ1) is 13.0. The fourth-order valence-corrected chi connectivity index (χ4v) is 4.32. The minimum atomic E-state index is -7.14. The molecule has 0 amide bonds. The summed E-state index contributed by atoms with van der Waals surface area (Å²) in [7, 11) is 0. The van der Waals surface area contributed by atoms with Crippen LogP contribution < -0.4 is 0 Å². The summed E-state index contributed by atoms with van der Waals surface area (Å²) < 4.78 is 149. The van der Waals surface area contributed by atoms with Crippen LogP contribution in [0.1, 0.15) is 64.7 Å². The molecule has 0 aromatic heterocycles. The van der Waals surface area contributed by atoms with Gasteiger partial charge < -0.3 is 0 Å². The van der Waals surface area contributed by atoms with Gasteiger partial charge in [0.25, 0.3) is 5.67 Å². The van der Waals surface area contributed by atoms with Gasteiger partial charge in [-0.05, 0) is 6.42 Å². The lowest BCUT2D eigenvalue weighted by Crippen LogP contribution is -2.83. The fourth-order valence-electron chi connectivity index (χ4n) is 3.27. The van der Waals surface area contributed by atoms with Crippen LogP contribution in [0.3, 0.4) is 0 Å². The lowest BCUT2D eigenvalue weighted by atomic mass is 9.70. The molecule has 1 atom stereocenters. The van der Waals surface area contributed by atoms with Crippen LogP contribution in [-0.2, 0) is 0 Å². The van der Waals surface area contributed by atoms with Gasteiger partial charge in [0.05, 0.1) is 0 Å². The number of hydrogen-bond donors (Lipinski definition) is 0. The van der Waals surface area contributed by atoms with E-state index in [0.29, 0.717) is 12.8 Å². The maximum atomic E-state index is 14.6. The molecule has 1 fully saturated rings. The molecular weight excluding hydrogens is 540 g/mol. The lowest BCUT2D eigenvalue weighted by Gasteiger charge is -2.53.